The van der Waals surface area contributed by atoms with E-state index in [2.05, 4.69) is 32.7 Å². The minimum atomic E-state index is -3.92. The second kappa shape index (κ2) is 13.7. The van der Waals surface area contributed by atoms with Crippen LogP contribution in [0.15, 0.2) is 58.4 Å². The molecule has 0 bridgehead atoms. The Morgan fingerprint density at radius 1 is 1.04 bits per heavy atom. The van der Waals surface area contributed by atoms with Crippen LogP contribution in [0.2, 0.25) is 0 Å². The van der Waals surface area contributed by atoms with E-state index in [1.807, 2.05) is 57.2 Å². The first-order valence-electron chi connectivity index (χ1n) is 15.7. The molecule has 0 spiro atoms. The first-order valence-corrected chi connectivity index (χ1v) is 17.2. The summed E-state index contributed by atoms with van der Waals surface area (Å²) in [6, 6.07) is 15.4. The number of alkyl carbamates (subject to hydrolysis) is 1. The van der Waals surface area contributed by atoms with Crippen molar-refractivity contribution >= 4 is 28.4 Å². The van der Waals surface area contributed by atoms with E-state index < -0.39 is 33.7 Å². The highest BCUT2D eigenvalue weighted by molar-refractivity contribution is 7.89. The maximum atomic E-state index is 13.2. The minimum absolute atomic E-state index is 0.106. The molecule has 3 aromatic carbocycles. The van der Waals surface area contributed by atoms with Gasteiger partial charge in [-0.1, -0.05) is 48.5 Å². The van der Waals surface area contributed by atoms with Crippen LogP contribution < -0.4 is 20.3 Å². The lowest BCUT2D eigenvalue weighted by Gasteiger charge is -2.19. The largest absolute Gasteiger partial charge is 0.487 e. The fourth-order valence-electron chi connectivity index (χ4n) is 6.58. The van der Waals surface area contributed by atoms with Crippen molar-refractivity contribution in [3.63, 3.8) is 0 Å². The summed E-state index contributed by atoms with van der Waals surface area (Å²) in [6.07, 6.45) is 1.70. The van der Waals surface area contributed by atoms with Crippen molar-refractivity contribution in [2.75, 3.05) is 13.2 Å². The molecule has 0 fully saturated rings. The molecule has 0 unspecified atom stereocenters. The molecular formula is C35H42N4O7S. The van der Waals surface area contributed by atoms with E-state index in [0.717, 1.165) is 39.1 Å². The number of carboxylic acids is 1. The molecule has 47 heavy (non-hydrogen) atoms. The Morgan fingerprint density at radius 3 is 2.32 bits per heavy atom. The van der Waals surface area contributed by atoms with E-state index in [9.17, 15) is 23.1 Å². The van der Waals surface area contributed by atoms with Crippen molar-refractivity contribution in [2.45, 2.75) is 82.8 Å². The number of ether oxygens (including phenoxy) is 2. The number of carboxylic acid groups (broad SMARTS) is 1. The molecule has 3 aromatic rings. The van der Waals surface area contributed by atoms with Crippen LogP contribution in [0.1, 0.15) is 72.4 Å². The molecule has 4 N–H and O–H groups in total. The van der Waals surface area contributed by atoms with E-state index in [1.165, 1.54) is 6.34 Å². The van der Waals surface area contributed by atoms with Crippen molar-refractivity contribution in [2.24, 2.45) is 4.99 Å². The summed E-state index contributed by atoms with van der Waals surface area (Å²) in [5.41, 5.74) is 9.53. The molecule has 1 aliphatic carbocycles. The number of hydrogen-bond donors (Lipinski definition) is 4. The van der Waals surface area contributed by atoms with Crippen LogP contribution >= 0.6 is 0 Å². The monoisotopic (exact) mass is 662 g/mol. The third-order valence-electron chi connectivity index (χ3n) is 8.84. The second-order valence-electron chi connectivity index (χ2n) is 12.7. The number of nitrogens with zero attached hydrogens (tertiary/aromatic N) is 1. The lowest BCUT2D eigenvalue weighted by Crippen LogP contribution is -2.38. The lowest BCUT2D eigenvalue weighted by atomic mass is 9.94. The van der Waals surface area contributed by atoms with Gasteiger partial charge in [0, 0.05) is 30.5 Å². The SMILES string of the molecule is Cc1c(C)c(S(=O)(=O)NNC=NCCC[C@@H](CC(=O)O)NC(=O)OCC2c3ccccc3-c3ccccc32)c(C)c2c1OC(C)(C)C2. The number of rotatable bonds is 13. The number of fused-ring (bicyclic) bond motifs is 4. The summed E-state index contributed by atoms with van der Waals surface area (Å²) in [5.74, 6) is -0.394. The van der Waals surface area contributed by atoms with Crippen LogP contribution in [0.25, 0.3) is 11.1 Å². The number of sulfonamides is 1. The normalized spacial score (nSPS) is 15.4. The average Bonchev–Trinajstić information content (AvgIpc) is 3.52. The molecular weight excluding hydrogens is 620 g/mol. The van der Waals surface area contributed by atoms with Crippen molar-refractivity contribution in [1.82, 2.24) is 15.6 Å². The molecule has 12 heteroatoms. The van der Waals surface area contributed by atoms with E-state index >= 15 is 0 Å². The zero-order valence-electron chi connectivity index (χ0n) is 27.3. The fourth-order valence-corrected chi connectivity index (χ4v) is 7.98. The molecule has 0 aromatic heterocycles. The van der Waals surface area contributed by atoms with Gasteiger partial charge in [0.2, 0.25) is 0 Å². The Bertz CT molecular complexity index is 1770. The Labute approximate surface area is 275 Å². The summed E-state index contributed by atoms with van der Waals surface area (Å²) in [6.45, 7) is 9.79. The van der Waals surface area contributed by atoms with Gasteiger partial charge in [-0.2, -0.15) is 0 Å². The highest BCUT2D eigenvalue weighted by Gasteiger charge is 2.36. The first-order chi connectivity index (χ1) is 22.3. The number of amides is 1. The molecule has 1 heterocycles. The highest BCUT2D eigenvalue weighted by Crippen LogP contribution is 2.45. The van der Waals surface area contributed by atoms with Gasteiger partial charge in [0.25, 0.3) is 10.0 Å². The summed E-state index contributed by atoms with van der Waals surface area (Å²) < 4.78 is 38.2. The zero-order valence-corrected chi connectivity index (χ0v) is 28.2. The van der Waals surface area contributed by atoms with Crippen LogP contribution in [-0.2, 0) is 26.0 Å². The Morgan fingerprint density at radius 2 is 1.68 bits per heavy atom. The van der Waals surface area contributed by atoms with E-state index in [0.29, 0.717) is 30.4 Å². The summed E-state index contributed by atoms with van der Waals surface area (Å²) in [7, 11) is -3.92. The number of carbonyl (C=O) groups excluding carboxylic acids is 1. The quantitative estimate of drug-likeness (QED) is 0.0832. The van der Waals surface area contributed by atoms with Gasteiger partial charge in [-0.3, -0.25) is 15.2 Å². The Balaban J connectivity index is 1.10. The van der Waals surface area contributed by atoms with Gasteiger partial charge in [0.05, 0.1) is 17.7 Å². The van der Waals surface area contributed by atoms with Crippen molar-refractivity contribution in [3.05, 3.63) is 81.9 Å². The van der Waals surface area contributed by atoms with Gasteiger partial charge in [-0.25, -0.2) is 13.2 Å². The molecule has 0 saturated carbocycles. The Hall–Kier alpha value is -4.42. The summed E-state index contributed by atoms with van der Waals surface area (Å²) >= 11 is 0. The summed E-state index contributed by atoms with van der Waals surface area (Å²) in [5, 5.41) is 12.1. The van der Waals surface area contributed by atoms with Crippen LogP contribution in [0, 0.1) is 20.8 Å². The van der Waals surface area contributed by atoms with Crippen LogP contribution in [0.4, 0.5) is 4.79 Å². The number of hydrogen-bond acceptors (Lipinski definition) is 7. The van der Waals surface area contributed by atoms with E-state index in [-0.39, 0.29) is 30.4 Å². The average molecular weight is 663 g/mol. The molecule has 250 valence electrons. The van der Waals surface area contributed by atoms with Gasteiger partial charge in [0.15, 0.2) is 0 Å². The highest BCUT2D eigenvalue weighted by atomic mass is 32.2. The molecule has 11 nitrogen and oxygen atoms in total. The molecule has 1 atom stereocenters. The van der Waals surface area contributed by atoms with E-state index in [4.69, 9.17) is 9.47 Å². The number of hydrazine groups is 1. The van der Waals surface area contributed by atoms with Crippen molar-refractivity contribution < 1.29 is 32.6 Å². The third-order valence-corrected chi connectivity index (χ3v) is 10.4. The van der Waals surface area contributed by atoms with Gasteiger partial charge in [0.1, 0.15) is 18.0 Å². The number of benzene rings is 3. The summed E-state index contributed by atoms with van der Waals surface area (Å²) in [4.78, 5) is 31.0. The molecule has 0 radical (unpaired) electrons. The number of nitrogens with one attached hydrogen (secondary N) is 3. The second-order valence-corrected chi connectivity index (χ2v) is 14.4. The van der Waals surface area contributed by atoms with Crippen LogP contribution in [0.5, 0.6) is 5.75 Å². The van der Waals surface area contributed by atoms with Gasteiger partial charge in [-0.15, -0.1) is 4.83 Å². The molecule has 1 amide bonds. The molecule has 5 rings (SSSR count). The van der Waals surface area contributed by atoms with Crippen LogP contribution in [-0.4, -0.2) is 56.7 Å². The standard InChI is InChI=1S/C35H42N4O7S/c1-21-22(2)33(23(3)29-18-35(4,5)46-32(21)29)47(43,44)39-37-20-36-16-10-11-24(17-31(40)41)38-34(42)45-19-30-27-14-8-6-12-25(27)26-13-7-9-15-28(26)30/h6-9,12-15,20,24,30,39H,10-11,16-19H2,1-5H3,(H,36,37)(H,38,42)(H,40,41)/t24-/m0/s1. The van der Waals surface area contributed by atoms with Gasteiger partial charge < -0.3 is 19.9 Å². The van der Waals surface area contributed by atoms with E-state index in [1.54, 1.807) is 13.8 Å². The van der Waals surface area contributed by atoms with Crippen LogP contribution in [0.3, 0.4) is 0 Å². The predicted octanol–water partition coefficient (Wildman–Crippen LogP) is 5.30. The lowest BCUT2D eigenvalue weighted by molar-refractivity contribution is -0.137. The van der Waals surface area contributed by atoms with Gasteiger partial charge in [-0.05, 0) is 86.4 Å². The predicted molar refractivity (Wildman–Crippen MR) is 179 cm³/mol. The number of aliphatic carboxylic acids is 1. The number of carbonyl (C=O) groups is 2. The van der Waals surface area contributed by atoms with Crippen molar-refractivity contribution in [3.8, 4) is 16.9 Å². The fraction of sp³-hybridized carbons (Fsp3) is 0.400. The maximum Gasteiger partial charge on any atom is 0.407 e. The maximum absolute atomic E-state index is 13.2. The minimum Gasteiger partial charge on any atom is -0.487 e. The topological polar surface area (TPSA) is 155 Å². The van der Waals surface area contributed by atoms with Crippen molar-refractivity contribution in [1.29, 1.82) is 0 Å². The van der Waals surface area contributed by atoms with Gasteiger partial charge >= 0.3 is 12.1 Å². The smallest absolute Gasteiger partial charge is 0.407 e. The first kappa shape index (κ1) is 33.9. The molecule has 1 aliphatic heterocycles. The molecule has 2 aliphatic rings. The molecule has 0 saturated heterocycles. The third kappa shape index (κ3) is 7.44. The zero-order chi connectivity index (χ0) is 33.9. The number of aliphatic imine (C=N–C) groups is 1. The Kier molecular flexibility index (Phi) is 9.92.